The van der Waals surface area contributed by atoms with Crippen LogP contribution in [0.1, 0.15) is 59.5 Å². The molecule has 0 bridgehead atoms. The number of thiazole rings is 1. The molecule has 2 nitrogen and oxygen atoms in total. The van der Waals surface area contributed by atoms with Crippen molar-refractivity contribution in [1.29, 1.82) is 0 Å². The smallest absolute Gasteiger partial charge is 0.0962 e. The van der Waals surface area contributed by atoms with E-state index in [0.717, 1.165) is 24.8 Å². The highest BCUT2D eigenvalue weighted by molar-refractivity contribution is 7.12. The van der Waals surface area contributed by atoms with Crippen LogP contribution in [0, 0.1) is 0 Å². The number of aromatic nitrogens is 1. The third-order valence-electron chi connectivity index (χ3n) is 3.52. The van der Waals surface area contributed by atoms with Gasteiger partial charge < -0.3 is 5.73 Å². The number of nitrogens with two attached hydrogens (primary N) is 1. The summed E-state index contributed by atoms with van der Waals surface area (Å²) in [6.07, 6.45) is 7.74. The van der Waals surface area contributed by atoms with Gasteiger partial charge >= 0.3 is 0 Å². The van der Waals surface area contributed by atoms with Crippen molar-refractivity contribution in [2.45, 2.75) is 50.4 Å². The highest BCUT2D eigenvalue weighted by atomic mass is 32.1. The first-order valence-corrected chi connectivity index (χ1v) is 6.89. The van der Waals surface area contributed by atoms with E-state index in [0.29, 0.717) is 0 Å². The summed E-state index contributed by atoms with van der Waals surface area (Å²) in [7, 11) is 0. The van der Waals surface area contributed by atoms with Crippen LogP contribution in [-0.4, -0.2) is 11.5 Å². The maximum Gasteiger partial charge on any atom is 0.0962 e. The molecule has 0 radical (unpaired) electrons. The zero-order chi connectivity index (χ0) is 10.3. The van der Waals surface area contributed by atoms with Gasteiger partial charge in [0.25, 0.3) is 0 Å². The first-order valence-electron chi connectivity index (χ1n) is 6.08. The summed E-state index contributed by atoms with van der Waals surface area (Å²) >= 11 is 1.99. The molecule has 0 aliphatic heterocycles. The van der Waals surface area contributed by atoms with E-state index in [4.69, 9.17) is 10.7 Å². The van der Waals surface area contributed by atoms with Crippen LogP contribution in [-0.2, 0) is 6.42 Å². The van der Waals surface area contributed by atoms with Crippen molar-refractivity contribution in [2.24, 2.45) is 5.73 Å². The van der Waals surface area contributed by atoms with Crippen molar-refractivity contribution < 1.29 is 0 Å². The van der Waals surface area contributed by atoms with Crippen LogP contribution in [0.25, 0.3) is 0 Å². The standard InChI is InChI=1S/C12H18N2S/c13-7-6-8-2-1-3-10-11(8)15-12(14-10)9-4-5-9/h8-9H,1-7,13H2. The zero-order valence-corrected chi connectivity index (χ0v) is 9.85. The molecule has 3 rings (SSSR count). The van der Waals surface area contributed by atoms with E-state index in [1.54, 1.807) is 4.88 Å². The molecular formula is C12H18N2S. The molecule has 1 aromatic heterocycles. The van der Waals surface area contributed by atoms with Crippen molar-refractivity contribution in [1.82, 2.24) is 4.98 Å². The molecule has 2 aliphatic carbocycles. The molecule has 15 heavy (non-hydrogen) atoms. The number of rotatable bonds is 3. The molecule has 1 fully saturated rings. The summed E-state index contributed by atoms with van der Waals surface area (Å²) in [6, 6.07) is 0. The van der Waals surface area contributed by atoms with Crippen molar-refractivity contribution in [3.8, 4) is 0 Å². The minimum atomic E-state index is 0.726. The Bertz CT molecular complexity index is 355. The summed E-state index contributed by atoms with van der Waals surface area (Å²) in [5.41, 5.74) is 7.09. The Morgan fingerprint density at radius 2 is 2.20 bits per heavy atom. The molecule has 2 N–H and O–H groups in total. The Labute approximate surface area is 94.9 Å². The molecule has 1 atom stereocenters. The van der Waals surface area contributed by atoms with Gasteiger partial charge in [0.05, 0.1) is 10.7 Å². The van der Waals surface area contributed by atoms with E-state index in [1.165, 1.54) is 42.8 Å². The Kier molecular flexibility index (Phi) is 2.53. The van der Waals surface area contributed by atoms with E-state index in [2.05, 4.69) is 0 Å². The second kappa shape index (κ2) is 3.87. The molecule has 2 aliphatic rings. The Morgan fingerprint density at radius 3 is 2.93 bits per heavy atom. The molecule has 82 valence electrons. The zero-order valence-electron chi connectivity index (χ0n) is 9.04. The average Bonchev–Trinajstić information content (AvgIpc) is 2.99. The van der Waals surface area contributed by atoms with Crippen LogP contribution < -0.4 is 5.73 Å². The summed E-state index contributed by atoms with van der Waals surface area (Å²) in [6.45, 7) is 0.820. The molecule has 0 amide bonds. The van der Waals surface area contributed by atoms with Gasteiger partial charge in [-0.15, -0.1) is 11.3 Å². The number of hydrogen-bond donors (Lipinski definition) is 1. The minimum Gasteiger partial charge on any atom is -0.330 e. The maximum absolute atomic E-state index is 5.68. The van der Waals surface area contributed by atoms with Gasteiger partial charge in [-0.2, -0.15) is 0 Å². The highest BCUT2D eigenvalue weighted by Crippen LogP contribution is 2.46. The van der Waals surface area contributed by atoms with Crippen LogP contribution in [0.5, 0.6) is 0 Å². The average molecular weight is 222 g/mol. The molecular weight excluding hydrogens is 204 g/mol. The van der Waals surface area contributed by atoms with Gasteiger partial charge in [-0.1, -0.05) is 0 Å². The number of hydrogen-bond acceptors (Lipinski definition) is 3. The minimum absolute atomic E-state index is 0.726. The predicted molar refractivity (Wildman–Crippen MR) is 63.4 cm³/mol. The van der Waals surface area contributed by atoms with Gasteiger partial charge in [-0.25, -0.2) is 4.98 Å². The van der Waals surface area contributed by atoms with Crippen molar-refractivity contribution in [3.05, 3.63) is 15.6 Å². The maximum atomic E-state index is 5.68. The number of fused-ring (bicyclic) bond motifs is 1. The van der Waals surface area contributed by atoms with Crippen molar-refractivity contribution in [2.75, 3.05) is 6.54 Å². The van der Waals surface area contributed by atoms with E-state index in [1.807, 2.05) is 11.3 Å². The van der Waals surface area contributed by atoms with E-state index < -0.39 is 0 Å². The largest absolute Gasteiger partial charge is 0.330 e. The van der Waals surface area contributed by atoms with Gasteiger partial charge in [0.2, 0.25) is 0 Å². The fraction of sp³-hybridized carbons (Fsp3) is 0.750. The number of nitrogens with zero attached hydrogens (tertiary/aromatic N) is 1. The van der Waals surface area contributed by atoms with Crippen LogP contribution >= 0.6 is 11.3 Å². The lowest BCUT2D eigenvalue weighted by molar-refractivity contribution is 0.529. The monoisotopic (exact) mass is 222 g/mol. The van der Waals surface area contributed by atoms with Crippen molar-refractivity contribution >= 4 is 11.3 Å². The Morgan fingerprint density at radius 1 is 1.33 bits per heavy atom. The molecule has 1 aromatic rings. The summed E-state index contributed by atoms with van der Waals surface area (Å²) in [5, 5.41) is 1.42. The fourth-order valence-electron chi connectivity index (χ4n) is 2.51. The quantitative estimate of drug-likeness (QED) is 0.854. The second-order valence-electron chi connectivity index (χ2n) is 4.80. The highest BCUT2D eigenvalue weighted by Gasteiger charge is 2.31. The molecule has 1 heterocycles. The normalized spacial score (nSPS) is 25.3. The first-order chi connectivity index (χ1) is 7.38. The van der Waals surface area contributed by atoms with Gasteiger partial charge in [-0.3, -0.25) is 0 Å². The van der Waals surface area contributed by atoms with Crippen LogP contribution in [0.15, 0.2) is 0 Å². The van der Waals surface area contributed by atoms with Gasteiger partial charge in [0.1, 0.15) is 0 Å². The van der Waals surface area contributed by atoms with Crippen LogP contribution in [0.2, 0.25) is 0 Å². The van der Waals surface area contributed by atoms with Gasteiger partial charge in [0.15, 0.2) is 0 Å². The first kappa shape index (κ1) is 9.79. The molecule has 0 saturated heterocycles. The van der Waals surface area contributed by atoms with Crippen LogP contribution in [0.4, 0.5) is 0 Å². The van der Waals surface area contributed by atoms with E-state index >= 15 is 0 Å². The fourth-order valence-corrected chi connectivity index (χ4v) is 3.96. The van der Waals surface area contributed by atoms with E-state index in [9.17, 15) is 0 Å². The molecule has 1 unspecified atom stereocenters. The second-order valence-corrected chi connectivity index (χ2v) is 5.87. The van der Waals surface area contributed by atoms with Crippen molar-refractivity contribution in [3.63, 3.8) is 0 Å². The summed E-state index contributed by atoms with van der Waals surface area (Å²) < 4.78 is 0. The third kappa shape index (κ3) is 1.83. The van der Waals surface area contributed by atoms with Gasteiger partial charge in [0, 0.05) is 10.8 Å². The lowest BCUT2D eigenvalue weighted by Crippen LogP contribution is -2.12. The summed E-state index contributed by atoms with van der Waals surface area (Å²) in [5.74, 6) is 1.54. The predicted octanol–water partition coefficient (Wildman–Crippen LogP) is 2.79. The Balaban J connectivity index is 1.88. The van der Waals surface area contributed by atoms with Crippen LogP contribution in [0.3, 0.4) is 0 Å². The van der Waals surface area contributed by atoms with E-state index in [-0.39, 0.29) is 0 Å². The SMILES string of the molecule is NCCC1CCCc2nc(C3CC3)sc21. The third-order valence-corrected chi connectivity index (χ3v) is 4.95. The topological polar surface area (TPSA) is 38.9 Å². The lowest BCUT2D eigenvalue weighted by Gasteiger charge is -2.20. The lowest BCUT2D eigenvalue weighted by atomic mass is 9.89. The Hall–Kier alpha value is -0.410. The number of aryl methyl sites for hydroxylation is 1. The van der Waals surface area contributed by atoms with Gasteiger partial charge in [-0.05, 0) is 51.0 Å². The molecule has 0 spiro atoms. The molecule has 3 heteroatoms. The molecule has 1 saturated carbocycles. The summed E-state index contributed by atoms with van der Waals surface area (Å²) in [4.78, 5) is 6.40. The molecule has 0 aromatic carbocycles.